The number of aliphatic hydroxyl groups is 2. The first-order valence-electron chi connectivity index (χ1n) is 5.46. The fourth-order valence-electron chi connectivity index (χ4n) is 1.03. The molecule has 0 rings (SSSR count). The summed E-state index contributed by atoms with van der Waals surface area (Å²) in [7, 11) is 0. The molecule has 5 nitrogen and oxygen atoms in total. The molecule has 8 heteroatoms. The number of halogens is 3. The van der Waals surface area contributed by atoms with Gasteiger partial charge in [-0.1, -0.05) is 13.3 Å². The van der Waals surface area contributed by atoms with Crippen LogP contribution in [0.4, 0.5) is 13.2 Å². The molecular formula is C10H20F3NO4. The maximum Gasteiger partial charge on any atom is 0.490 e. The zero-order chi connectivity index (χ0) is 14.9. The van der Waals surface area contributed by atoms with Gasteiger partial charge in [-0.25, -0.2) is 4.79 Å². The molecule has 0 saturated heterocycles. The highest BCUT2D eigenvalue weighted by Crippen LogP contribution is 2.13. The molecule has 0 aromatic heterocycles. The smallest absolute Gasteiger partial charge is 0.475 e. The van der Waals surface area contributed by atoms with Crippen molar-refractivity contribution in [3.63, 3.8) is 0 Å². The fraction of sp³-hybridized carbons (Fsp3) is 0.900. The number of aliphatic hydroxyl groups excluding tert-OH is 2. The van der Waals surface area contributed by atoms with Crippen molar-refractivity contribution in [1.29, 1.82) is 0 Å². The Hall–Kier alpha value is -0.860. The van der Waals surface area contributed by atoms with Crippen LogP contribution in [0.15, 0.2) is 0 Å². The predicted octanol–water partition coefficient (Wildman–Crippen LogP) is 1.40. The Morgan fingerprint density at radius 2 is 1.56 bits per heavy atom. The van der Waals surface area contributed by atoms with Crippen molar-refractivity contribution >= 4 is 5.97 Å². The molecule has 2 unspecified atom stereocenters. The zero-order valence-corrected chi connectivity index (χ0v) is 10.6. The summed E-state index contributed by atoms with van der Waals surface area (Å²) in [5, 5.41) is 25.5. The van der Waals surface area contributed by atoms with Crippen LogP contribution in [-0.4, -0.2) is 51.4 Å². The molecule has 2 atom stereocenters. The molecule has 0 aliphatic carbocycles. The van der Waals surface area contributed by atoms with Crippen LogP contribution in [0.25, 0.3) is 0 Å². The van der Waals surface area contributed by atoms with E-state index in [1.807, 2.05) is 0 Å². The maximum absolute atomic E-state index is 10.6. The summed E-state index contributed by atoms with van der Waals surface area (Å²) in [6.07, 6.45) is -4.10. The van der Waals surface area contributed by atoms with E-state index in [-0.39, 0.29) is 0 Å². The number of hydrogen-bond donors (Lipinski definition) is 3. The Kier molecular flexibility index (Phi) is 9.87. The lowest BCUT2D eigenvalue weighted by molar-refractivity contribution is -0.192. The predicted molar refractivity (Wildman–Crippen MR) is 58.7 cm³/mol. The van der Waals surface area contributed by atoms with Gasteiger partial charge in [0.25, 0.3) is 0 Å². The summed E-state index contributed by atoms with van der Waals surface area (Å²) in [5.74, 6) is -2.76. The number of unbranched alkanes of at least 4 members (excludes halogenated alkanes) is 1. The van der Waals surface area contributed by atoms with Crippen LogP contribution in [0.5, 0.6) is 0 Å². The Morgan fingerprint density at radius 3 is 1.72 bits per heavy atom. The highest BCUT2D eigenvalue weighted by molar-refractivity contribution is 5.73. The number of nitrogens with zero attached hydrogens (tertiary/aromatic N) is 1. The standard InChI is InChI=1S/C8H19NO2.C2HF3O2/c1-4-5-6-9(7(2)10)8(3)11;3-2(4,5)1(6)7/h7-8,10-11H,4-6H2,1-3H3;(H,6,7). The fourth-order valence-corrected chi connectivity index (χ4v) is 1.03. The number of carbonyl (C=O) groups is 1. The third-order valence-corrected chi connectivity index (χ3v) is 1.97. The number of rotatable bonds is 5. The van der Waals surface area contributed by atoms with Crippen LogP contribution in [0, 0.1) is 0 Å². The van der Waals surface area contributed by atoms with Crippen molar-refractivity contribution in [2.45, 2.75) is 52.2 Å². The van der Waals surface area contributed by atoms with Crippen molar-refractivity contribution in [2.24, 2.45) is 0 Å². The SMILES string of the molecule is CCCCN(C(C)O)C(C)O.O=C(O)C(F)(F)F. The van der Waals surface area contributed by atoms with Crippen molar-refractivity contribution in [3.8, 4) is 0 Å². The van der Waals surface area contributed by atoms with E-state index in [0.717, 1.165) is 19.4 Å². The van der Waals surface area contributed by atoms with Crippen LogP contribution in [0.1, 0.15) is 33.6 Å². The van der Waals surface area contributed by atoms with Gasteiger partial charge in [-0.2, -0.15) is 13.2 Å². The lowest BCUT2D eigenvalue weighted by atomic mass is 10.3. The van der Waals surface area contributed by atoms with Gasteiger partial charge in [-0.3, -0.25) is 4.90 Å². The minimum atomic E-state index is -5.08. The van der Waals surface area contributed by atoms with E-state index in [2.05, 4.69) is 6.92 Å². The summed E-state index contributed by atoms with van der Waals surface area (Å²) < 4.78 is 31.7. The van der Waals surface area contributed by atoms with E-state index in [4.69, 9.17) is 9.90 Å². The molecule has 0 amide bonds. The highest BCUT2D eigenvalue weighted by Gasteiger charge is 2.38. The minimum absolute atomic E-state index is 0.554. The van der Waals surface area contributed by atoms with Crippen molar-refractivity contribution in [1.82, 2.24) is 4.90 Å². The molecule has 110 valence electrons. The molecule has 0 fully saturated rings. The lowest BCUT2D eigenvalue weighted by Crippen LogP contribution is -2.40. The molecule has 0 heterocycles. The first-order chi connectivity index (χ1) is 8.03. The van der Waals surface area contributed by atoms with Crippen LogP contribution in [0.2, 0.25) is 0 Å². The van der Waals surface area contributed by atoms with E-state index < -0.39 is 24.6 Å². The lowest BCUT2D eigenvalue weighted by Gasteiger charge is -2.27. The summed E-state index contributed by atoms with van der Waals surface area (Å²) in [4.78, 5) is 10.6. The molecule has 0 spiro atoms. The zero-order valence-electron chi connectivity index (χ0n) is 10.6. The monoisotopic (exact) mass is 275 g/mol. The first-order valence-corrected chi connectivity index (χ1v) is 5.46. The van der Waals surface area contributed by atoms with Crippen molar-refractivity contribution in [3.05, 3.63) is 0 Å². The maximum atomic E-state index is 10.6. The van der Waals surface area contributed by atoms with Gasteiger partial charge < -0.3 is 15.3 Å². The molecule has 18 heavy (non-hydrogen) atoms. The average molecular weight is 275 g/mol. The van der Waals surface area contributed by atoms with Gasteiger partial charge in [0, 0.05) is 6.54 Å². The number of carboxylic acid groups (broad SMARTS) is 1. The van der Waals surface area contributed by atoms with E-state index in [9.17, 15) is 23.4 Å². The molecule has 0 radical (unpaired) electrons. The molecule has 0 saturated carbocycles. The second-order valence-corrected chi connectivity index (χ2v) is 3.66. The normalized spacial score (nSPS) is 14.7. The van der Waals surface area contributed by atoms with Gasteiger partial charge in [0.2, 0.25) is 0 Å². The largest absolute Gasteiger partial charge is 0.490 e. The third-order valence-electron chi connectivity index (χ3n) is 1.97. The summed E-state index contributed by atoms with van der Waals surface area (Å²) in [6, 6.07) is 0. The molecule has 0 aromatic carbocycles. The van der Waals surface area contributed by atoms with Crippen molar-refractivity contribution in [2.75, 3.05) is 6.54 Å². The highest BCUT2D eigenvalue weighted by atomic mass is 19.4. The quantitative estimate of drug-likeness (QED) is 0.661. The molecule has 3 N–H and O–H groups in total. The second kappa shape index (κ2) is 9.12. The van der Waals surface area contributed by atoms with Gasteiger partial charge in [0.05, 0.1) is 0 Å². The molecule has 0 aliphatic rings. The van der Waals surface area contributed by atoms with Crippen LogP contribution >= 0.6 is 0 Å². The van der Waals surface area contributed by atoms with Gasteiger partial charge in [-0.05, 0) is 20.3 Å². The van der Waals surface area contributed by atoms with Crippen LogP contribution < -0.4 is 0 Å². The van der Waals surface area contributed by atoms with E-state index in [0.29, 0.717) is 0 Å². The van der Waals surface area contributed by atoms with Gasteiger partial charge >= 0.3 is 12.1 Å². The first kappa shape index (κ1) is 19.5. The number of alkyl halides is 3. The Morgan fingerprint density at radius 1 is 1.22 bits per heavy atom. The van der Waals surface area contributed by atoms with Gasteiger partial charge in [0.15, 0.2) is 0 Å². The van der Waals surface area contributed by atoms with E-state index in [1.165, 1.54) is 0 Å². The Balaban J connectivity index is 0. The Labute approximate surface area is 104 Å². The summed E-state index contributed by atoms with van der Waals surface area (Å²) >= 11 is 0. The van der Waals surface area contributed by atoms with Crippen LogP contribution in [-0.2, 0) is 4.79 Å². The molecule has 0 aliphatic heterocycles. The summed E-state index contributed by atoms with van der Waals surface area (Å²) in [5.41, 5.74) is 0. The average Bonchev–Trinajstić information content (AvgIpc) is 2.16. The second-order valence-electron chi connectivity index (χ2n) is 3.66. The molecule has 0 aromatic rings. The molecule has 0 bridgehead atoms. The third kappa shape index (κ3) is 10.3. The van der Waals surface area contributed by atoms with E-state index >= 15 is 0 Å². The number of aliphatic carboxylic acids is 1. The van der Waals surface area contributed by atoms with Crippen molar-refractivity contribution < 1.29 is 33.3 Å². The van der Waals surface area contributed by atoms with Crippen LogP contribution in [0.3, 0.4) is 0 Å². The van der Waals surface area contributed by atoms with Gasteiger partial charge in [0.1, 0.15) is 12.5 Å². The Bertz CT molecular complexity index is 224. The number of carboxylic acids is 1. The minimum Gasteiger partial charge on any atom is -0.475 e. The van der Waals surface area contributed by atoms with E-state index in [1.54, 1.807) is 18.7 Å². The topological polar surface area (TPSA) is 81.0 Å². The molecular weight excluding hydrogens is 255 g/mol. The van der Waals surface area contributed by atoms with Gasteiger partial charge in [-0.15, -0.1) is 0 Å². The number of hydrogen-bond acceptors (Lipinski definition) is 4. The summed E-state index contributed by atoms with van der Waals surface area (Å²) in [6.45, 7) is 6.18.